The summed E-state index contributed by atoms with van der Waals surface area (Å²) in [6.07, 6.45) is 0.798. The van der Waals surface area contributed by atoms with Crippen molar-refractivity contribution < 1.29 is 9.47 Å². The van der Waals surface area contributed by atoms with Crippen molar-refractivity contribution in [3.8, 4) is 22.8 Å². The van der Waals surface area contributed by atoms with Crippen molar-refractivity contribution in [3.63, 3.8) is 0 Å². The number of benzene rings is 3. The molecule has 1 N–H and O–H groups in total. The number of nitrogens with one attached hydrogen (secondary N) is 1. The number of hydrogen-bond acceptors (Lipinski definition) is 6. The van der Waals surface area contributed by atoms with Crippen LogP contribution in [0.3, 0.4) is 0 Å². The van der Waals surface area contributed by atoms with Crippen molar-refractivity contribution in [1.82, 2.24) is 19.8 Å². The number of fused-ring (bicyclic) bond motifs is 3. The average molecular weight is 488 g/mol. The maximum atomic E-state index is 6.22. The zero-order valence-corrected chi connectivity index (χ0v) is 20.4. The molecule has 0 fully saturated rings. The topological polar surface area (TPSA) is 73.6 Å². The Morgan fingerprint density at radius 2 is 1.74 bits per heavy atom. The second-order valence-electron chi connectivity index (χ2n) is 7.99. The molecule has 2 heterocycles. The largest absolute Gasteiger partial charge is 0.490 e. The molecule has 0 atom stereocenters. The molecule has 0 aliphatic rings. The summed E-state index contributed by atoms with van der Waals surface area (Å²) in [5, 5.41) is 13.9. The van der Waals surface area contributed by atoms with Gasteiger partial charge in [0.2, 0.25) is 0 Å². The van der Waals surface area contributed by atoms with E-state index in [-0.39, 0.29) is 0 Å². The third kappa shape index (κ3) is 4.72. The van der Waals surface area contributed by atoms with E-state index in [1.807, 2.05) is 74.5 Å². The average Bonchev–Trinajstić information content (AvgIpc) is 3.30. The van der Waals surface area contributed by atoms with Crippen LogP contribution < -0.4 is 14.8 Å². The van der Waals surface area contributed by atoms with E-state index in [1.165, 1.54) is 0 Å². The molecular weight excluding hydrogens is 462 g/mol. The molecule has 2 aromatic heterocycles. The summed E-state index contributed by atoms with van der Waals surface area (Å²) in [5.41, 5.74) is 4.32. The van der Waals surface area contributed by atoms with Crippen LogP contribution in [-0.4, -0.2) is 39.6 Å². The molecule has 0 bridgehead atoms. The molecule has 0 amide bonds. The number of nitrogens with zero attached hydrogens (tertiary/aromatic N) is 4. The van der Waals surface area contributed by atoms with Crippen LogP contribution in [0, 0.1) is 0 Å². The van der Waals surface area contributed by atoms with E-state index >= 15 is 0 Å². The number of hydrogen-bond donors (Lipinski definition) is 1. The van der Waals surface area contributed by atoms with Crippen LogP contribution >= 0.6 is 11.6 Å². The Labute approximate surface area is 208 Å². The third-order valence-corrected chi connectivity index (χ3v) is 5.90. The van der Waals surface area contributed by atoms with Crippen LogP contribution in [0.15, 0.2) is 66.7 Å². The second kappa shape index (κ2) is 10.2. The van der Waals surface area contributed by atoms with E-state index in [2.05, 4.69) is 21.7 Å². The lowest BCUT2D eigenvalue weighted by Gasteiger charge is -2.13. The van der Waals surface area contributed by atoms with Crippen LogP contribution in [0.4, 0.5) is 5.82 Å². The SMILES string of the molecule is CCOc1ccc(CCNc2nc3c(-c4cccc(Cl)c4)nnn3c3ccccc23)cc1OCC. The van der Waals surface area contributed by atoms with Gasteiger partial charge >= 0.3 is 0 Å². The van der Waals surface area contributed by atoms with E-state index in [0.717, 1.165) is 45.8 Å². The lowest BCUT2D eigenvalue weighted by Crippen LogP contribution is -2.09. The van der Waals surface area contributed by atoms with Gasteiger partial charge in [-0.2, -0.15) is 4.52 Å². The van der Waals surface area contributed by atoms with Crippen LogP contribution in [0.5, 0.6) is 11.5 Å². The Balaban J connectivity index is 1.45. The van der Waals surface area contributed by atoms with Crippen molar-refractivity contribution in [2.24, 2.45) is 0 Å². The third-order valence-electron chi connectivity index (χ3n) is 5.66. The van der Waals surface area contributed by atoms with Crippen LogP contribution in [-0.2, 0) is 6.42 Å². The Bertz CT molecular complexity index is 1480. The minimum atomic E-state index is 0.589. The summed E-state index contributed by atoms with van der Waals surface area (Å²) >= 11 is 6.22. The van der Waals surface area contributed by atoms with Crippen molar-refractivity contribution in [1.29, 1.82) is 0 Å². The molecular formula is C27H26ClN5O2. The van der Waals surface area contributed by atoms with Crippen molar-refractivity contribution >= 4 is 34.0 Å². The molecule has 3 aromatic carbocycles. The fraction of sp³-hybridized carbons (Fsp3) is 0.222. The normalized spacial score (nSPS) is 11.2. The minimum Gasteiger partial charge on any atom is -0.490 e. The molecule has 0 aliphatic carbocycles. The van der Waals surface area contributed by atoms with Gasteiger partial charge in [-0.3, -0.25) is 0 Å². The number of halogens is 1. The van der Waals surface area contributed by atoms with Crippen molar-refractivity contribution in [2.45, 2.75) is 20.3 Å². The molecule has 35 heavy (non-hydrogen) atoms. The first-order chi connectivity index (χ1) is 17.2. The van der Waals surface area contributed by atoms with E-state index in [1.54, 1.807) is 4.52 Å². The van der Waals surface area contributed by atoms with Gasteiger partial charge in [-0.1, -0.05) is 47.1 Å². The molecule has 0 saturated heterocycles. The van der Waals surface area contributed by atoms with Gasteiger partial charge in [0.15, 0.2) is 17.1 Å². The first kappa shape index (κ1) is 22.9. The highest BCUT2D eigenvalue weighted by atomic mass is 35.5. The molecule has 0 aliphatic heterocycles. The fourth-order valence-corrected chi connectivity index (χ4v) is 4.29. The number of rotatable bonds is 9. The minimum absolute atomic E-state index is 0.589. The summed E-state index contributed by atoms with van der Waals surface area (Å²) in [6.45, 7) is 5.82. The molecule has 178 valence electrons. The Hall–Kier alpha value is -3.84. The Morgan fingerprint density at radius 3 is 2.57 bits per heavy atom. The molecule has 0 radical (unpaired) electrons. The lowest BCUT2D eigenvalue weighted by molar-refractivity contribution is 0.287. The summed E-state index contributed by atoms with van der Waals surface area (Å²) in [5.74, 6) is 2.33. The van der Waals surface area contributed by atoms with E-state index in [0.29, 0.717) is 36.1 Å². The van der Waals surface area contributed by atoms with Gasteiger partial charge < -0.3 is 14.8 Å². The molecule has 8 heteroatoms. The lowest BCUT2D eigenvalue weighted by atomic mass is 10.1. The number of aromatic nitrogens is 4. The number of ether oxygens (including phenoxy) is 2. The highest BCUT2D eigenvalue weighted by Crippen LogP contribution is 2.30. The summed E-state index contributed by atoms with van der Waals surface area (Å²) in [4.78, 5) is 4.93. The van der Waals surface area contributed by atoms with Gasteiger partial charge in [0.05, 0.1) is 18.7 Å². The molecule has 0 unspecified atom stereocenters. The van der Waals surface area contributed by atoms with Gasteiger partial charge in [-0.05, 0) is 62.2 Å². The standard InChI is InChI=1S/C27H26ClN5O2/c1-3-34-23-13-12-18(16-24(23)35-4-2)14-15-29-26-21-10-5-6-11-22(21)33-27(30-26)25(31-32-33)19-8-7-9-20(28)17-19/h5-13,16-17H,3-4,14-15H2,1-2H3,(H,29,30). The smallest absolute Gasteiger partial charge is 0.186 e. The fourth-order valence-electron chi connectivity index (χ4n) is 4.10. The second-order valence-corrected chi connectivity index (χ2v) is 8.42. The highest BCUT2D eigenvalue weighted by Gasteiger charge is 2.16. The number of anilines is 1. The molecule has 7 nitrogen and oxygen atoms in total. The van der Waals surface area contributed by atoms with Gasteiger partial charge in [0, 0.05) is 22.5 Å². The predicted molar refractivity (Wildman–Crippen MR) is 140 cm³/mol. The zero-order valence-electron chi connectivity index (χ0n) is 19.7. The Morgan fingerprint density at radius 1 is 0.914 bits per heavy atom. The van der Waals surface area contributed by atoms with Gasteiger partial charge in [0.25, 0.3) is 0 Å². The summed E-state index contributed by atoms with van der Waals surface area (Å²) in [7, 11) is 0. The molecule has 5 aromatic rings. The highest BCUT2D eigenvalue weighted by molar-refractivity contribution is 6.30. The maximum Gasteiger partial charge on any atom is 0.186 e. The van der Waals surface area contributed by atoms with Crippen LogP contribution in [0.25, 0.3) is 27.8 Å². The monoisotopic (exact) mass is 487 g/mol. The van der Waals surface area contributed by atoms with Gasteiger partial charge in [-0.15, -0.1) is 5.10 Å². The number of para-hydroxylation sites is 1. The summed E-state index contributed by atoms with van der Waals surface area (Å²) in [6, 6.07) is 21.7. The molecule has 5 rings (SSSR count). The summed E-state index contributed by atoms with van der Waals surface area (Å²) < 4.78 is 13.2. The van der Waals surface area contributed by atoms with Crippen molar-refractivity contribution in [2.75, 3.05) is 25.1 Å². The van der Waals surface area contributed by atoms with Crippen molar-refractivity contribution in [3.05, 3.63) is 77.3 Å². The van der Waals surface area contributed by atoms with Gasteiger partial charge in [-0.25, -0.2) is 4.98 Å². The molecule has 0 spiro atoms. The Kier molecular flexibility index (Phi) is 6.68. The van der Waals surface area contributed by atoms with Gasteiger partial charge in [0.1, 0.15) is 11.5 Å². The first-order valence-corrected chi connectivity index (χ1v) is 12.1. The zero-order chi connectivity index (χ0) is 24.2. The maximum absolute atomic E-state index is 6.22. The van der Waals surface area contributed by atoms with E-state index in [4.69, 9.17) is 26.1 Å². The first-order valence-electron chi connectivity index (χ1n) is 11.7. The van der Waals surface area contributed by atoms with Crippen LogP contribution in [0.2, 0.25) is 5.02 Å². The molecule has 0 saturated carbocycles. The van der Waals surface area contributed by atoms with E-state index in [9.17, 15) is 0 Å². The van der Waals surface area contributed by atoms with Crippen LogP contribution in [0.1, 0.15) is 19.4 Å². The quantitative estimate of drug-likeness (QED) is 0.273. The van der Waals surface area contributed by atoms with E-state index < -0.39 is 0 Å². The predicted octanol–water partition coefficient (Wildman–Crippen LogP) is 6.05.